The van der Waals surface area contributed by atoms with Gasteiger partial charge in [-0.15, -0.1) is 11.3 Å². The van der Waals surface area contributed by atoms with Crippen molar-refractivity contribution >= 4 is 16.3 Å². The van der Waals surface area contributed by atoms with Crippen molar-refractivity contribution in [1.82, 2.24) is 9.38 Å². The number of aryl methyl sites for hydroxylation is 1. The number of thiazole rings is 1. The lowest BCUT2D eigenvalue weighted by Crippen LogP contribution is -2.84. The highest BCUT2D eigenvalue weighted by Crippen LogP contribution is 2.20. The number of hydrogen-bond donors (Lipinski definition) is 1. The Morgan fingerprint density at radius 3 is 2.71 bits per heavy atom. The van der Waals surface area contributed by atoms with Gasteiger partial charge in [0, 0.05) is 28.8 Å². The van der Waals surface area contributed by atoms with Gasteiger partial charge in [0.15, 0.2) is 4.96 Å². The van der Waals surface area contributed by atoms with Crippen LogP contribution in [0.2, 0.25) is 0 Å². The second-order valence-corrected chi connectivity index (χ2v) is 7.58. The molecule has 0 radical (unpaired) electrons. The molecule has 2 aromatic heterocycles. The van der Waals surface area contributed by atoms with E-state index < -0.39 is 0 Å². The number of benzene rings is 2. The van der Waals surface area contributed by atoms with Gasteiger partial charge in [-0.1, -0.05) is 43.3 Å². The van der Waals surface area contributed by atoms with Gasteiger partial charge in [-0.2, -0.15) is 0 Å². The zero-order valence-corrected chi connectivity index (χ0v) is 16.3. The summed E-state index contributed by atoms with van der Waals surface area (Å²) in [6.07, 6.45) is 2.71. The molecule has 4 nitrogen and oxygen atoms in total. The molecule has 4 aromatic rings. The second-order valence-electron chi connectivity index (χ2n) is 6.71. The third-order valence-electron chi connectivity index (χ3n) is 4.87. The number of quaternary nitrogens is 1. The van der Waals surface area contributed by atoms with Crippen molar-refractivity contribution in [2.45, 2.75) is 25.9 Å². The number of halogens is 1. The molecule has 0 bridgehead atoms. The van der Waals surface area contributed by atoms with Crippen molar-refractivity contribution in [3.05, 3.63) is 105 Å². The van der Waals surface area contributed by atoms with E-state index in [9.17, 15) is 9.18 Å². The lowest BCUT2D eigenvalue weighted by Gasteiger charge is -2.17. The van der Waals surface area contributed by atoms with E-state index in [2.05, 4.69) is 41.5 Å². The summed E-state index contributed by atoms with van der Waals surface area (Å²) in [7, 11) is 0. The van der Waals surface area contributed by atoms with Crippen LogP contribution in [0.4, 0.5) is 4.39 Å². The standard InChI is InChI=1S/C22H20FN3OS/c1-2-15-6-8-16(9-7-15)21(17-4-3-5-18(23)12-17)24-14-19-13-20(27)26-10-11-28-22(26)25-19/h3-13,21,24H,2,14H2,1H3/p+1/t21-/m0/s1. The van der Waals surface area contributed by atoms with Crippen molar-refractivity contribution in [3.63, 3.8) is 0 Å². The average molecular weight is 394 g/mol. The Morgan fingerprint density at radius 2 is 1.96 bits per heavy atom. The Bertz CT molecular complexity index is 1150. The van der Waals surface area contributed by atoms with Crippen LogP contribution in [0.3, 0.4) is 0 Å². The summed E-state index contributed by atoms with van der Waals surface area (Å²) < 4.78 is 15.4. The van der Waals surface area contributed by atoms with Crippen LogP contribution in [0.1, 0.15) is 35.3 Å². The first-order chi connectivity index (χ1) is 13.6. The summed E-state index contributed by atoms with van der Waals surface area (Å²) in [4.78, 5) is 17.5. The molecule has 0 fully saturated rings. The van der Waals surface area contributed by atoms with Gasteiger partial charge in [0.05, 0.1) is 0 Å². The Labute approximate surface area is 166 Å². The van der Waals surface area contributed by atoms with E-state index >= 15 is 0 Å². The number of fused-ring (bicyclic) bond motifs is 1. The van der Waals surface area contributed by atoms with Crippen molar-refractivity contribution in [3.8, 4) is 0 Å². The minimum Gasteiger partial charge on any atom is -0.331 e. The van der Waals surface area contributed by atoms with Gasteiger partial charge in [-0.3, -0.25) is 9.20 Å². The van der Waals surface area contributed by atoms with E-state index in [0.29, 0.717) is 11.5 Å². The molecule has 2 aromatic carbocycles. The maximum absolute atomic E-state index is 13.8. The fourth-order valence-corrected chi connectivity index (χ4v) is 4.09. The molecule has 142 valence electrons. The Balaban J connectivity index is 1.65. The molecular weight excluding hydrogens is 373 g/mol. The molecule has 0 aliphatic carbocycles. The second kappa shape index (κ2) is 8.04. The van der Waals surface area contributed by atoms with E-state index in [4.69, 9.17) is 0 Å². The monoisotopic (exact) mass is 394 g/mol. The highest BCUT2D eigenvalue weighted by molar-refractivity contribution is 7.15. The fourth-order valence-electron chi connectivity index (χ4n) is 3.36. The first-order valence-electron chi connectivity index (χ1n) is 9.27. The number of hydrogen-bond acceptors (Lipinski definition) is 3. The highest BCUT2D eigenvalue weighted by Gasteiger charge is 2.19. The highest BCUT2D eigenvalue weighted by atomic mass is 32.1. The quantitative estimate of drug-likeness (QED) is 0.546. The average Bonchev–Trinajstić information content (AvgIpc) is 3.18. The number of rotatable bonds is 6. The van der Waals surface area contributed by atoms with Crippen LogP contribution in [-0.4, -0.2) is 9.38 Å². The smallest absolute Gasteiger partial charge is 0.258 e. The van der Waals surface area contributed by atoms with Gasteiger partial charge in [-0.05, 0) is 24.1 Å². The van der Waals surface area contributed by atoms with Crippen LogP contribution in [0.5, 0.6) is 0 Å². The number of nitrogens with two attached hydrogens (primary N) is 1. The zero-order valence-electron chi connectivity index (χ0n) is 15.5. The van der Waals surface area contributed by atoms with Crippen LogP contribution in [0.15, 0.2) is 71.0 Å². The van der Waals surface area contributed by atoms with Crippen LogP contribution in [0, 0.1) is 5.82 Å². The van der Waals surface area contributed by atoms with Crippen molar-refractivity contribution < 1.29 is 9.71 Å². The maximum atomic E-state index is 13.8. The van der Waals surface area contributed by atoms with Crippen LogP contribution in [0.25, 0.3) is 4.96 Å². The minimum atomic E-state index is -0.252. The number of nitrogens with zero attached hydrogens (tertiary/aromatic N) is 2. The SMILES string of the molecule is CCc1ccc([C@H]([NH2+]Cc2cc(=O)n3ccsc3n2)c2cccc(F)c2)cc1. The zero-order chi connectivity index (χ0) is 19.5. The summed E-state index contributed by atoms with van der Waals surface area (Å²) in [6.45, 7) is 2.65. The Morgan fingerprint density at radius 1 is 1.14 bits per heavy atom. The van der Waals surface area contributed by atoms with E-state index in [1.807, 2.05) is 11.4 Å². The molecule has 1 atom stereocenters. The first-order valence-corrected chi connectivity index (χ1v) is 10.2. The first kappa shape index (κ1) is 18.5. The summed E-state index contributed by atoms with van der Waals surface area (Å²) in [5, 5.41) is 3.95. The molecule has 0 amide bonds. The van der Waals surface area contributed by atoms with Gasteiger partial charge in [0.25, 0.3) is 5.56 Å². The molecule has 0 spiro atoms. The summed E-state index contributed by atoms with van der Waals surface area (Å²) in [5.74, 6) is -0.252. The van der Waals surface area contributed by atoms with Crippen LogP contribution >= 0.6 is 11.3 Å². The third-order valence-corrected chi connectivity index (χ3v) is 5.63. The van der Waals surface area contributed by atoms with E-state index in [1.165, 1.54) is 23.0 Å². The van der Waals surface area contributed by atoms with Gasteiger partial charge in [0.2, 0.25) is 0 Å². The lowest BCUT2D eigenvalue weighted by atomic mass is 9.97. The molecular formula is C22H21FN3OS+. The molecule has 28 heavy (non-hydrogen) atoms. The molecule has 0 aliphatic rings. The lowest BCUT2D eigenvalue weighted by molar-refractivity contribution is -0.702. The largest absolute Gasteiger partial charge is 0.331 e. The maximum Gasteiger partial charge on any atom is 0.258 e. The van der Waals surface area contributed by atoms with Gasteiger partial charge in [0.1, 0.15) is 24.1 Å². The van der Waals surface area contributed by atoms with Gasteiger partial charge >= 0.3 is 0 Å². The van der Waals surface area contributed by atoms with Crippen LogP contribution < -0.4 is 10.9 Å². The number of aromatic nitrogens is 2. The predicted molar refractivity (Wildman–Crippen MR) is 109 cm³/mol. The summed E-state index contributed by atoms with van der Waals surface area (Å²) >= 11 is 1.44. The van der Waals surface area contributed by atoms with E-state index in [-0.39, 0.29) is 17.4 Å². The molecule has 0 aliphatic heterocycles. The van der Waals surface area contributed by atoms with Crippen molar-refractivity contribution in [1.29, 1.82) is 0 Å². The van der Waals surface area contributed by atoms with Gasteiger partial charge in [-0.25, -0.2) is 9.37 Å². The fraction of sp³-hybridized carbons (Fsp3) is 0.182. The Kier molecular flexibility index (Phi) is 5.32. The van der Waals surface area contributed by atoms with Gasteiger partial charge < -0.3 is 5.32 Å². The molecule has 4 rings (SSSR count). The molecule has 2 heterocycles. The predicted octanol–water partition coefficient (Wildman–Crippen LogP) is 3.31. The van der Waals surface area contributed by atoms with Crippen molar-refractivity contribution in [2.75, 3.05) is 0 Å². The molecule has 0 saturated carbocycles. The molecule has 0 saturated heterocycles. The molecule has 6 heteroatoms. The normalized spacial score (nSPS) is 12.4. The molecule has 2 N–H and O–H groups in total. The summed E-state index contributed by atoms with van der Waals surface area (Å²) in [5.41, 5.74) is 3.89. The minimum absolute atomic E-state index is 0.0785. The van der Waals surface area contributed by atoms with Crippen molar-refractivity contribution in [2.24, 2.45) is 0 Å². The van der Waals surface area contributed by atoms with Crippen LogP contribution in [-0.2, 0) is 13.0 Å². The van der Waals surface area contributed by atoms with E-state index in [0.717, 1.165) is 23.2 Å². The topological polar surface area (TPSA) is 51.0 Å². The Hall–Kier alpha value is -2.83. The van der Waals surface area contributed by atoms with E-state index in [1.54, 1.807) is 28.8 Å². The summed E-state index contributed by atoms with van der Waals surface area (Å²) in [6, 6.07) is 16.6. The molecule has 0 unspecified atom stereocenters. The third kappa shape index (κ3) is 3.88.